The van der Waals surface area contributed by atoms with E-state index in [-0.39, 0.29) is 0 Å². The molecule has 0 aromatic carbocycles. The minimum atomic E-state index is 0.678. The zero-order chi connectivity index (χ0) is 8.97. The van der Waals surface area contributed by atoms with Gasteiger partial charge in [-0.1, -0.05) is 6.92 Å². The van der Waals surface area contributed by atoms with Crippen LogP contribution in [0.1, 0.15) is 12.5 Å². The van der Waals surface area contributed by atoms with Crippen LogP contribution in [-0.4, -0.2) is 17.0 Å². The molecule has 0 bridgehead atoms. The van der Waals surface area contributed by atoms with Gasteiger partial charge in [-0.05, 0) is 6.42 Å². The number of hydrogen-bond acceptors (Lipinski definition) is 5. The Kier molecular flexibility index (Phi) is 2.82. The Bertz CT molecular complexity index is 238. The summed E-state index contributed by atoms with van der Waals surface area (Å²) in [5, 5.41) is 2.97. The van der Waals surface area contributed by atoms with E-state index in [9.17, 15) is 0 Å². The van der Waals surface area contributed by atoms with Crippen molar-refractivity contribution in [3.63, 3.8) is 0 Å². The molecular weight excluding hydrogens is 154 g/mol. The monoisotopic (exact) mass is 167 g/mol. The Hall–Kier alpha value is -1.36. The summed E-state index contributed by atoms with van der Waals surface area (Å²) >= 11 is 0. The van der Waals surface area contributed by atoms with Crippen LogP contribution < -0.4 is 16.6 Å². The molecule has 0 aliphatic heterocycles. The third kappa shape index (κ3) is 1.45. The van der Waals surface area contributed by atoms with Gasteiger partial charge in [0.05, 0.1) is 0 Å². The Morgan fingerprint density at radius 1 is 1.42 bits per heavy atom. The molecule has 12 heavy (non-hydrogen) atoms. The molecule has 4 N–H and O–H groups in total. The summed E-state index contributed by atoms with van der Waals surface area (Å²) < 4.78 is 0. The van der Waals surface area contributed by atoms with E-state index in [1.54, 1.807) is 0 Å². The smallest absolute Gasteiger partial charge is 0.148 e. The van der Waals surface area contributed by atoms with Crippen molar-refractivity contribution in [2.45, 2.75) is 13.3 Å². The molecule has 1 rings (SSSR count). The van der Waals surface area contributed by atoms with E-state index in [2.05, 4.69) is 20.7 Å². The maximum atomic E-state index is 5.28. The maximum Gasteiger partial charge on any atom is 0.148 e. The van der Waals surface area contributed by atoms with Gasteiger partial charge in [-0.2, -0.15) is 0 Å². The zero-order valence-corrected chi connectivity index (χ0v) is 7.26. The summed E-state index contributed by atoms with van der Waals surface area (Å²) in [6, 6.07) is 0. The van der Waals surface area contributed by atoms with Crippen molar-refractivity contribution in [1.82, 2.24) is 9.97 Å². The van der Waals surface area contributed by atoms with E-state index in [0.717, 1.165) is 17.8 Å². The van der Waals surface area contributed by atoms with Gasteiger partial charge in [-0.25, -0.2) is 15.8 Å². The van der Waals surface area contributed by atoms with E-state index in [0.29, 0.717) is 5.82 Å². The standard InChI is InChI=1S/C7H13N5/c1-3-5-6(9-2)10-4-11-7(5)12-8/h4H,3,8H2,1-2H3,(H2,9,10,11,12). The van der Waals surface area contributed by atoms with Gasteiger partial charge >= 0.3 is 0 Å². The largest absolute Gasteiger partial charge is 0.373 e. The molecule has 0 radical (unpaired) electrons. The molecule has 0 aliphatic carbocycles. The van der Waals surface area contributed by atoms with Gasteiger partial charge in [0.2, 0.25) is 0 Å². The predicted molar refractivity (Wildman–Crippen MR) is 48.8 cm³/mol. The molecule has 0 fully saturated rings. The number of anilines is 2. The van der Waals surface area contributed by atoms with Gasteiger partial charge in [0.1, 0.15) is 18.0 Å². The molecule has 66 valence electrons. The normalized spacial score (nSPS) is 9.58. The van der Waals surface area contributed by atoms with Crippen LogP contribution in [0.3, 0.4) is 0 Å². The number of nitrogens with two attached hydrogens (primary N) is 1. The second-order valence-corrected chi connectivity index (χ2v) is 2.30. The Balaban J connectivity index is 3.13. The number of aromatic nitrogens is 2. The highest BCUT2D eigenvalue weighted by atomic mass is 15.3. The molecule has 0 unspecified atom stereocenters. The molecule has 0 saturated heterocycles. The van der Waals surface area contributed by atoms with Gasteiger partial charge in [0.15, 0.2) is 0 Å². The SMILES string of the molecule is CCc1c(NC)ncnc1NN. The summed E-state index contributed by atoms with van der Waals surface area (Å²) in [7, 11) is 1.82. The van der Waals surface area contributed by atoms with Crippen LogP contribution in [0.2, 0.25) is 0 Å². The highest BCUT2D eigenvalue weighted by molar-refractivity contribution is 5.56. The Labute approximate surface area is 71.4 Å². The average Bonchev–Trinajstić information content (AvgIpc) is 2.16. The van der Waals surface area contributed by atoms with Crippen molar-refractivity contribution in [2.24, 2.45) is 5.84 Å². The minimum Gasteiger partial charge on any atom is -0.373 e. The van der Waals surface area contributed by atoms with Crippen LogP contribution in [-0.2, 0) is 6.42 Å². The van der Waals surface area contributed by atoms with Gasteiger partial charge in [-0.15, -0.1) is 0 Å². The first kappa shape index (κ1) is 8.73. The van der Waals surface area contributed by atoms with Gasteiger partial charge < -0.3 is 10.7 Å². The molecule has 1 aromatic heterocycles. The Morgan fingerprint density at radius 2 is 2.08 bits per heavy atom. The number of hydrogen-bond donors (Lipinski definition) is 3. The molecule has 5 nitrogen and oxygen atoms in total. The first-order chi connectivity index (χ1) is 5.83. The van der Waals surface area contributed by atoms with Crippen LogP contribution in [0.15, 0.2) is 6.33 Å². The Morgan fingerprint density at radius 3 is 2.58 bits per heavy atom. The van der Waals surface area contributed by atoms with Crippen molar-refractivity contribution in [3.05, 3.63) is 11.9 Å². The number of rotatable bonds is 3. The zero-order valence-electron chi connectivity index (χ0n) is 7.26. The first-order valence-corrected chi connectivity index (χ1v) is 3.81. The average molecular weight is 167 g/mol. The molecule has 0 atom stereocenters. The van der Waals surface area contributed by atoms with E-state index < -0.39 is 0 Å². The van der Waals surface area contributed by atoms with Crippen molar-refractivity contribution < 1.29 is 0 Å². The molecule has 1 heterocycles. The molecule has 0 amide bonds. The van der Waals surface area contributed by atoms with Crippen molar-refractivity contribution in [1.29, 1.82) is 0 Å². The third-order valence-corrected chi connectivity index (χ3v) is 1.67. The fourth-order valence-electron chi connectivity index (χ4n) is 1.09. The lowest BCUT2D eigenvalue weighted by Crippen LogP contribution is -2.12. The van der Waals surface area contributed by atoms with Crippen LogP contribution in [0, 0.1) is 0 Å². The summed E-state index contributed by atoms with van der Waals surface area (Å²) in [6.45, 7) is 2.03. The lowest BCUT2D eigenvalue weighted by molar-refractivity contribution is 1.03. The van der Waals surface area contributed by atoms with E-state index >= 15 is 0 Å². The van der Waals surface area contributed by atoms with Gasteiger partial charge in [0.25, 0.3) is 0 Å². The predicted octanol–water partition coefficient (Wildman–Crippen LogP) is 0.366. The molecular formula is C7H13N5. The second kappa shape index (κ2) is 3.87. The van der Waals surface area contributed by atoms with Crippen LogP contribution in [0.5, 0.6) is 0 Å². The second-order valence-electron chi connectivity index (χ2n) is 2.30. The highest BCUT2D eigenvalue weighted by Gasteiger charge is 2.05. The number of hydrazine groups is 1. The van der Waals surface area contributed by atoms with E-state index in [4.69, 9.17) is 5.84 Å². The number of nitrogens with zero attached hydrogens (tertiary/aromatic N) is 2. The molecule has 0 saturated carbocycles. The fourth-order valence-corrected chi connectivity index (χ4v) is 1.09. The van der Waals surface area contributed by atoms with E-state index in [1.807, 2.05) is 14.0 Å². The first-order valence-electron chi connectivity index (χ1n) is 3.81. The molecule has 1 aromatic rings. The molecule has 0 spiro atoms. The third-order valence-electron chi connectivity index (χ3n) is 1.67. The van der Waals surface area contributed by atoms with Gasteiger partial charge in [0, 0.05) is 12.6 Å². The summed E-state index contributed by atoms with van der Waals surface area (Å²) in [5.41, 5.74) is 3.53. The summed E-state index contributed by atoms with van der Waals surface area (Å²) in [4.78, 5) is 8.05. The van der Waals surface area contributed by atoms with Crippen LogP contribution >= 0.6 is 0 Å². The minimum absolute atomic E-state index is 0.678. The van der Waals surface area contributed by atoms with Crippen LogP contribution in [0.25, 0.3) is 0 Å². The van der Waals surface area contributed by atoms with Gasteiger partial charge in [-0.3, -0.25) is 0 Å². The van der Waals surface area contributed by atoms with Crippen molar-refractivity contribution in [3.8, 4) is 0 Å². The van der Waals surface area contributed by atoms with Crippen molar-refractivity contribution in [2.75, 3.05) is 17.8 Å². The van der Waals surface area contributed by atoms with Crippen molar-refractivity contribution >= 4 is 11.6 Å². The number of nitrogen functional groups attached to an aromatic ring is 1. The van der Waals surface area contributed by atoms with E-state index in [1.165, 1.54) is 6.33 Å². The topological polar surface area (TPSA) is 75.9 Å². The fraction of sp³-hybridized carbons (Fsp3) is 0.429. The highest BCUT2D eigenvalue weighted by Crippen LogP contribution is 2.18. The number of nitrogens with one attached hydrogen (secondary N) is 2. The quantitative estimate of drug-likeness (QED) is 0.448. The lowest BCUT2D eigenvalue weighted by Gasteiger charge is -2.09. The molecule has 5 heteroatoms. The lowest BCUT2D eigenvalue weighted by atomic mass is 10.2. The van der Waals surface area contributed by atoms with Crippen LogP contribution in [0.4, 0.5) is 11.6 Å². The molecule has 0 aliphatic rings. The summed E-state index contributed by atoms with van der Waals surface area (Å²) in [5.74, 6) is 6.78. The summed E-state index contributed by atoms with van der Waals surface area (Å²) in [6.07, 6.45) is 2.32. The maximum absolute atomic E-state index is 5.28.